The third-order valence-corrected chi connectivity index (χ3v) is 5.07. The van der Waals surface area contributed by atoms with Crippen LogP contribution in [0.4, 0.5) is 14.6 Å². The number of aromatic nitrogens is 4. The SMILES string of the molecule is CNCC(Nc1ccc(F)c(-c2cnc3cc(OC)c(C4CC4)nn23)n1)C(C)F. The van der Waals surface area contributed by atoms with Gasteiger partial charge in [-0.3, -0.25) is 0 Å². The predicted molar refractivity (Wildman–Crippen MR) is 107 cm³/mol. The Morgan fingerprint density at radius 3 is 2.79 bits per heavy atom. The molecule has 1 aliphatic carbocycles. The molecule has 3 aromatic rings. The Morgan fingerprint density at radius 1 is 1.34 bits per heavy atom. The number of nitrogens with one attached hydrogen (secondary N) is 2. The van der Waals surface area contributed by atoms with Crippen molar-refractivity contribution >= 4 is 11.5 Å². The quantitative estimate of drug-likeness (QED) is 0.603. The fourth-order valence-corrected chi connectivity index (χ4v) is 3.32. The number of hydrogen-bond acceptors (Lipinski definition) is 6. The second kappa shape index (κ2) is 7.90. The lowest BCUT2D eigenvalue weighted by Gasteiger charge is -2.20. The number of likely N-dealkylation sites (N-methyl/N-ethyl adjacent to an activating group) is 1. The van der Waals surface area contributed by atoms with Crippen molar-refractivity contribution in [3.63, 3.8) is 0 Å². The van der Waals surface area contributed by atoms with Crippen LogP contribution in [0, 0.1) is 5.82 Å². The number of fused-ring (bicyclic) bond motifs is 1. The minimum atomic E-state index is -1.11. The summed E-state index contributed by atoms with van der Waals surface area (Å²) in [6, 6.07) is 4.13. The van der Waals surface area contributed by atoms with Gasteiger partial charge in [-0.1, -0.05) is 0 Å². The molecular weight excluding hydrogens is 378 g/mol. The van der Waals surface area contributed by atoms with Crippen molar-refractivity contribution in [2.75, 3.05) is 26.0 Å². The molecule has 0 amide bonds. The van der Waals surface area contributed by atoms with Crippen LogP contribution in [-0.2, 0) is 0 Å². The summed E-state index contributed by atoms with van der Waals surface area (Å²) in [4.78, 5) is 8.73. The number of nitrogens with zero attached hydrogens (tertiary/aromatic N) is 4. The monoisotopic (exact) mass is 402 g/mol. The van der Waals surface area contributed by atoms with Crippen LogP contribution in [0.25, 0.3) is 17.0 Å². The molecule has 154 valence electrons. The Morgan fingerprint density at radius 2 is 2.14 bits per heavy atom. The average molecular weight is 402 g/mol. The fourth-order valence-electron chi connectivity index (χ4n) is 3.32. The number of pyridine rings is 1. The van der Waals surface area contributed by atoms with Gasteiger partial charge in [0.25, 0.3) is 0 Å². The molecule has 2 atom stereocenters. The Hall–Kier alpha value is -2.81. The van der Waals surface area contributed by atoms with Crippen molar-refractivity contribution in [3.8, 4) is 17.1 Å². The molecule has 1 fully saturated rings. The smallest absolute Gasteiger partial charge is 0.157 e. The number of ether oxygens (including phenoxy) is 1. The van der Waals surface area contributed by atoms with E-state index in [0.717, 1.165) is 18.5 Å². The molecule has 0 radical (unpaired) electrons. The van der Waals surface area contributed by atoms with E-state index in [4.69, 9.17) is 4.74 Å². The van der Waals surface area contributed by atoms with Gasteiger partial charge >= 0.3 is 0 Å². The maximum atomic E-state index is 14.7. The minimum Gasteiger partial charge on any atom is -0.495 e. The van der Waals surface area contributed by atoms with Gasteiger partial charge in [-0.05, 0) is 38.9 Å². The van der Waals surface area contributed by atoms with Crippen LogP contribution in [0.1, 0.15) is 31.4 Å². The predicted octanol–water partition coefficient (Wildman–Crippen LogP) is 3.17. The summed E-state index contributed by atoms with van der Waals surface area (Å²) in [6.07, 6.45) is 2.54. The lowest BCUT2D eigenvalue weighted by Crippen LogP contribution is -2.38. The van der Waals surface area contributed by atoms with Crippen LogP contribution in [0.15, 0.2) is 24.4 Å². The summed E-state index contributed by atoms with van der Waals surface area (Å²) in [5.41, 5.74) is 1.93. The molecule has 2 N–H and O–H groups in total. The van der Waals surface area contributed by atoms with Crippen LogP contribution in [0.3, 0.4) is 0 Å². The highest BCUT2D eigenvalue weighted by Crippen LogP contribution is 2.43. The Balaban J connectivity index is 1.74. The molecule has 1 saturated carbocycles. The molecular formula is C20H24F2N6O. The van der Waals surface area contributed by atoms with E-state index in [1.807, 2.05) is 0 Å². The normalized spacial score (nSPS) is 16.0. The van der Waals surface area contributed by atoms with E-state index in [1.165, 1.54) is 25.3 Å². The average Bonchev–Trinajstić information content (AvgIpc) is 3.48. The van der Waals surface area contributed by atoms with Gasteiger partial charge in [-0.25, -0.2) is 23.3 Å². The van der Waals surface area contributed by atoms with E-state index < -0.39 is 18.0 Å². The van der Waals surface area contributed by atoms with Crippen molar-refractivity contribution < 1.29 is 13.5 Å². The Kier molecular flexibility index (Phi) is 5.31. The van der Waals surface area contributed by atoms with Crippen LogP contribution < -0.4 is 15.4 Å². The standard InChI is InChI=1S/C20H24F2N6O/c1-11(21)14(9-23-2)25-17-7-6-13(22)20(26-17)15-10-24-18-8-16(29-3)19(12-4-5-12)27-28(15)18/h6-8,10-12,14,23H,4-5,9H2,1-3H3,(H,25,26). The summed E-state index contributed by atoms with van der Waals surface area (Å²) in [5.74, 6) is 0.926. The molecule has 0 saturated heterocycles. The number of rotatable bonds is 8. The first-order valence-electron chi connectivity index (χ1n) is 9.66. The largest absolute Gasteiger partial charge is 0.495 e. The molecule has 2 unspecified atom stereocenters. The maximum Gasteiger partial charge on any atom is 0.157 e. The zero-order valence-corrected chi connectivity index (χ0v) is 16.6. The molecule has 0 bridgehead atoms. The van der Waals surface area contributed by atoms with Crippen molar-refractivity contribution in [2.45, 2.75) is 37.9 Å². The lowest BCUT2D eigenvalue weighted by atomic mass is 10.2. The number of alkyl halides is 1. The highest BCUT2D eigenvalue weighted by molar-refractivity contribution is 5.63. The van der Waals surface area contributed by atoms with Crippen molar-refractivity contribution in [3.05, 3.63) is 35.9 Å². The second-order valence-electron chi connectivity index (χ2n) is 7.30. The first kappa shape index (κ1) is 19.5. The van der Waals surface area contributed by atoms with Crippen LogP contribution in [-0.4, -0.2) is 52.5 Å². The third kappa shape index (κ3) is 3.87. The first-order valence-corrected chi connectivity index (χ1v) is 9.66. The highest BCUT2D eigenvalue weighted by atomic mass is 19.1. The van der Waals surface area contributed by atoms with Gasteiger partial charge in [-0.15, -0.1) is 0 Å². The van der Waals surface area contributed by atoms with Gasteiger partial charge in [-0.2, -0.15) is 5.10 Å². The lowest BCUT2D eigenvalue weighted by molar-refractivity contribution is 0.314. The highest BCUT2D eigenvalue weighted by Gasteiger charge is 2.30. The molecule has 3 aromatic heterocycles. The number of imidazole rings is 1. The van der Waals surface area contributed by atoms with Gasteiger partial charge in [0.05, 0.1) is 19.3 Å². The van der Waals surface area contributed by atoms with E-state index in [1.54, 1.807) is 24.7 Å². The molecule has 0 aromatic carbocycles. The topological polar surface area (TPSA) is 76.4 Å². The van der Waals surface area contributed by atoms with Gasteiger partial charge in [0.1, 0.15) is 34.8 Å². The summed E-state index contributed by atoms with van der Waals surface area (Å²) >= 11 is 0. The molecule has 29 heavy (non-hydrogen) atoms. The van der Waals surface area contributed by atoms with E-state index in [9.17, 15) is 8.78 Å². The zero-order valence-electron chi connectivity index (χ0n) is 16.6. The fraction of sp³-hybridized carbons (Fsp3) is 0.450. The first-order chi connectivity index (χ1) is 14.0. The zero-order chi connectivity index (χ0) is 20.5. The van der Waals surface area contributed by atoms with Crippen LogP contribution in [0.2, 0.25) is 0 Å². The van der Waals surface area contributed by atoms with Gasteiger partial charge in [0.2, 0.25) is 0 Å². The van der Waals surface area contributed by atoms with Gasteiger partial charge in [0, 0.05) is 18.5 Å². The molecule has 7 nitrogen and oxygen atoms in total. The summed E-state index contributed by atoms with van der Waals surface area (Å²) < 4.78 is 35.5. The number of hydrogen-bond donors (Lipinski definition) is 2. The summed E-state index contributed by atoms with van der Waals surface area (Å²) in [7, 11) is 3.35. The van der Waals surface area contributed by atoms with Crippen LogP contribution >= 0.6 is 0 Å². The van der Waals surface area contributed by atoms with E-state index in [-0.39, 0.29) is 5.69 Å². The van der Waals surface area contributed by atoms with Crippen molar-refractivity contribution in [1.29, 1.82) is 0 Å². The minimum absolute atomic E-state index is 0.108. The summed E-state index contributed by atoms with van der Waals surface area (Å²) in [5, 5.41) is 10.6. The summed E-state index contributed by atoms with van der Waals surface area (Å²) in [6.45, 7) is 1.88. The van der Waals surface area contributed by atoms with Gasteiger partial charge < -0.3 is 15.4 Å². The van der Waals surface area contributed by atoms with Crippen molar-refractivity contribution in [1.82, 2.24) is 24.9 Å². The van der Waals surface area contributed by atoms with E-state index in [0.29, 0.717) is 35.4 Å². The van der Waals surface area contributed by atoms with E-state index in [2.05, 4.69) is 25.7 Å². The third-order valence-electron chi connectivity index (χ3n) is 5.07. The molecule has 4 rings (SSSR count). The molecule has 3 heterocycles. The molecule has 0 aliphatic heterocycles. The van der Waals surface area contributed by atoms with E-state index >= 15 is 0 Å². The Bertz CT molecular complexity index is 1020. The molecule has 9 heteroatoms. The van der Waals surface area contributed by atoms with Crippen LogP contribution in [0.5, 0.6) is 5.75 Å². The Labute approximate surface area is 167 Å². The number of anilines is 1. The maximum absolute atomic E-state index is 14.7. The molecule has 0 spiro atoms. The van der Waals surface area contributed by atoms with Gasteiger partial charge in [0.15, 0.2) is 11.5 Å². The second-order valence-corrected chi connectivity index (χ2v) is 7.30. The number of halogens is 2. The number of methoxy groups -OCH3 is 1. The molecule has 1 aliphatic rings. The van der Waals surface area contributed by atoms with Crippen molar-refractivity contribution in [2.24, 2.45) is 0 Å².